The molecule has 0 bridgehead atoms. The normalized spacial score (nSPS) is 19.9. The molecule has 4 rings (SSSR count). The fourth-order valence-corrected chi connectivity index (χ4v) is 5.57. The van der Waals surface area contributed by atoms with Gasteiger partial charge in [-0.05, 0) is 48.4 Å². The highest BCUT2D eigenvalue weighted by Crippen LogP contribution is 2.32. The van der Waals surface area contributed by atoms with E-state index in [1.807, 2.05) is 0 Å². The number of halogens is 4. The van der Waals surface area contributed by atoms with Gasteiger partial charge < -0.3 is 9.64 Å². The summed E-state index contributed by atoms with van der Waals surface area (Å²) in [5, 5.41) is 0.550. The topological polar surface area (TPSA) is 66.9 Å². The molecular weight excluding hydrogens is 469 g/mol. The molecule has 2 aliphatic heterocycles. The zero-order chi connectivity index (χ0) is 23.1. The molecule has 11 heteroatoms. The Morgan fingerprint density at radius 3 is 2.47 bits per heavy atom. The van der Waals surface area contributed by atoms with Gasteiger partial charge in [-0.2, -0.15) is 17.5 Å². The lowest BCUT2D eigenvalue weighted by Crippen LogP contribution is -2.52. The van der Waals surface area contributed by atoms with Crippen molar-refractivity contribution in [2.24, 2.45) is 5.92 Å². The van der Waals surface area contributed by atoms with E-state index < -0.39 is 32.6 Å². The number of ether oxygens (including phenoxy) is 1. The van der Waals surface area contributed by atoms with E-state index in [1.165, 1.54) is 0 Å². The minimum atomic E-state index is -4.64. The van der Waals surface area contributed by atoms with Crippen molar-refractivity contribution in [3.8, 4) is 5.75 Å². The van der Waals surface area contributed by atoms with Crippen molar-refractivity contribution in [3.05, 3.63) is 58.6 Å². The maximum absolute atomic E-state index is 13.0. The van der Waals surface area contributed by atoms with Crippen LogP contribution >= 0.6 is 11.6 Å². The van der Waals surface area contributed by atoms with Gasteiger partial charge >= 0.3 is 6.18 Å². The number of carbonyl (C=O) groups excluding carboxylic acids is 1. The molecule has 1 fully saturated rings. The van der Waals surface area contributed by atoms with Crippen LogP contribution in [0, 0.1) is 5.92 Å². The Bertz CT molecular complexity index is 1130. The lowest BCUT2D eigenvalue weighted by Gasteiger charge is -2.36. The van der Waals surface area contributed by atoms with E-state index in [0.717, 1.165) is 28.1 Å². The van der Waals surface area contributed by atoms with Crippen LogP contribution < -0.4 is 4.74 Å². The van der Waals surface area contributed by atoms with Crippen LogP contribution in [0.5, 0.6) is 5.75 Å². The van der Waals surface area contributed by atoms with Crippen molar-refractivity contribution in [2.45, 2.75) is 17.5 Å². The molecule has 2 aromatic carbocycles. The molecule has 0 saturated carbocycles. The SMILES string of the molecule is O=C([C@H]1COc2ccc(Cl)cc2C1)N1CCN(S(=O)(=O)c2cccc(C(F)(F)F)c2)CC1. The Labute approximate surface area is 188 Å². The summed E-state index contributed by atoms with van der Waals surface area (Å²) < 4.78 is 71.3. The Kier molecular flexibility index (Phi) is 6.12. The molecule has 2 aromatic rings. The summed E-state index contributed by atoms with van der Waals surface area (Å²) in [5.74, 6) is 0.134. The molecule has 172 valence electrons. The van der Waals surface area contributed by atoms with E-state index in [0.29, 0.717) is 23.3 Å². The molecule has 1 atom stereocenters. The number of nitrogens with zero attached hydrogens (tertiary/aromatic N) is 2. The van der Waals surface area contributed by atoms with Gasteiger partial charge in [0.15, 0.2) is 0 Å². The standard InChI is InChI=1S/C21H20ClF3N2O4S/c22-17-4-5-19-14(11-17)10-15(13-31-19)20(28)26-6-8-27(9-7-26)32(29,30)18-3-1-2-16(12-18)21(23,24)25/h1-5,11-12,15H,6-10,13H2/t15-/m1/s1. The molecule has 1 amide bonds. The Morgan fingerprint density at radius 2 is 1.78 bits per heavy atom. The average Bonchev–Trinajstić information content (AvgIpc) is 2.77. The van der Waals surface area contributed by atoms with Crippen LogP contribution in [0.25, 0.3) is 0 Å². The molecular formula is C21H20ClF3N2O4S. The summed E-state index contributed by atoms with van der Waals surface area (Å²) in [7, 11) is -4.11. The third-order valence-corrected chi connectivity index (χ3v) is 7.76. The van der Waals surface area contributed by atoms with E-state index in [4.69, 9.17) is 16.3 Å². The molecule has 0 unspecified atom stereocenters. The van der Waals surface area contributed by atoms with Gasteiger partial charge in [-0.25, -0.2) is 8.42 Å². The molecule has 2 heterocycles. The van der Waals surface area contributed by atoms with Crippen molar-refractivity contribution in [1.82, 2.24) is 9.21 Å². The van der Waals surface area contributed by atoms with Crippen LogP contribution in [0.15, 0.2) is 47.4 Å². The van der Waals surface area contributed by atoms with Gasteiger partial charge in [-0.3, -0.25) is 4.79 Å². The highest BCUT2D eigenvalue weighted by molar-refractivity contribution is 7.89. The quantitative estimate of drug-likeness (QED) is 0.664. The second-order valence-electron chi connectivity index (χ2n) is 7.72. The van der Waals surface area contributed by atoms with Gasteiger partial charge in [0.05, 0.1) is 16.4 Å². The molecule has 6 nitrogen and oxygen atoms in total. The molecule has 32 heavy (non-hydrogen) atoms. The second kappa shape index (κ2) is 8.57. The summed E-state index contributed by atoms with van der Waals surface area (Å²) in [6.45, 7) is 0.517. The maximum Gasteiger partial charge on any atom is 0.416 e. The van der Waals surface area contributed by atoms with Crippen molar-refractivity contribution >= 4 is 27.5 Å². The minimum Gasteiger partial charge on any atom is -0.492 e. The van der Waals surface area contributed by atoms with Crippen molar-refractivity contribution in [3.63, 3.8) is 0 Å². The van der Waals surface area contributed by atoms with E-state index >= 15 is 0 Å². The average molecular weight is 489 g/mol. The van der Waals surface area contributed by atoms with E-state index in [-0.39, 0.29) is 38.7 Å². The highest BCUT2D eigenvalue weighted by Gasteiger charge is 2.36. The first-order chi connectivity index (χ1) is 15.1. The lowest BCUT2D eigenvalue weighted by atomic mass is 9.95. The van der Waals surface area contributed by atoms with Crippen molar-refractivity contribution < 1.29 is 31.1 Å². The molecule has 0 spiro atoms. The predicted octanol–water partition coefficient (Wildman–Crippen LogP) is 3.44. The first kappa shape index (κ1) is 22.9. The van der Waals surface area contributed by atoms with Crippen LogP contribution in [-0.4, -0.2) is 56.3 Å². The number of sulfonamides is 1. The number of benzene rings is 2. The smallest absolute Gasteiger partial charge is 0.416 e. The number of hydrogen-bond acceptors (Lipinski definition) is 4. The zero-order valence-corrected chi connectivity index (χ0v) is 18.4. The first-order valence-electron chi connectivity index (χ1n) is 9.93. The first-order valence-corrected chi connectivity index (χ1v) is 11.7. The minimum absolute atomic E-state index is 0.000309. The Hall–Kier alpha value is -2.30. The van der Waals surface area contributed by atoms with Gasteiger partial charge in [-0.15, -0.1) is 0 Å². The largest absolute Gasteiger partial charge is 0.492 e. The summed E-state index contributed by atoms with van der Waals surface area (Å²) >= 11 is 6.02. The lowest BCUT2D eigenvalue weighted by molar-refractivity contribution is -0.138. The molecule has 0 N–H and O–H groups in total. The number of amides is 1. The fourth-order valence-electron chi connectivity index (χ4n) is 3.91. The molecule has 1 saturated heterocycles. The third-order valence-electron chi connectivity index (χ3n) is 5.63. The number of rotatable bonds is 3. The summed E-state index contributed by atoms with van der Waals surface area (Å²) in [4.78, 5) is 14.1. The molecule has 2 aliphatic rings. The molecule has 0 aliphatic carbocycles. The number of piperazine rings is 1. The van der Waals surface area contributed by atoms with Crippen LogP contribution in [0.1, 0.15) is 11.1 Å². The van der Waals surface area contributed by atoms with Crippen LogP contribution in [0.4, 0.5) is 13.2 Å². The molecule has 0 radical (unpaired) electrons. The van der Waals surface area contributed by atoms with Crippen LogP contribution in [0.3, 0.4) is 0 Å². The summed E-state index contributed by atoms with van der Waals surface area (Å²) in [6, 6.07) is 8.91. The van der Waals surface area contributed by atoms with Crippen LogP contribution in [-0.2, 0) is 27.4 Å². The van der Waals surface area contributed by atoms with E-state index in [1.54, 1.807) is 23.1 Å². The predicted molar refractivity (Wildman–Crippen MR) is 111 cm³/mol. The van der Waals surface area contributed by atoms with Gasteiger partial charge in [0, 0.05) is 31.2 Å². The van der Waals surface area contributed by atoms with E-state index in [2.05, 4.69) is 0 Å². The zero-order valence-electron chi connectivity index (χ0n) is 16.8. The monoisotopic (exact) mass is 488 g/mol. The number of carbonyl (C=O) groups is 1. The van der Waals surface area contributed by atoms with Gasteiger partial charge in [0.25, 0.3) is 0 Å². The van der Waals surface area contributed by atoms with Crippen LogP contribution in [0.2, 0.25) is 5.02 Å². The maximum atomic E-state index is 13.0. The van der Waals surface area contributed by atoms with Crippen molar-refractivity contribution in [2.75, 3.05) is 32.8 Å². The number of hydrogen-bond donors (Lipinski definition) is 0. The van der Waals surface area contributed by atoms with E-state index in [9.17, 15) is 26.4 Å². The number of alkyl halides is 3. The van der Waals surface area contributed by atoms with Crippen molar-refractivity contribution in [1.29, 1.82) is 0 Å². The molecule has 0 aromatic heterocycles. The fraction of sp³-hybridized carbons (Fsp3) is 0.381. The third kappa shape index (κ3) is 4.57. The summed E-state index contributed by atoms with van der Waals surface area (Å²) in [5.41, 5.74) is -0.182. The highest BCUT2D eigenvalue weighted by atomic mass is 35.5. The van der Waals surface area contributed by atoms with Gasteiger partial charge in [-0.1, -0.05) is 17.7 Å². The summed E-state index contributed by atoms with van der Waals surface area (Å²) in [6.07, 6.45) is -4.17. The Balaban J connectivity index is 1.41. The number of fused-ring (bicyclic) bond motifs is 1. The second-order valence-corrected chi connectivity index (χ2v) is 10.1. The van der Waals surface area contributed by atoms with Gasteiger partial charge in [0.2, 0.25) is 15.9 Å². The Morgan fingerprint density at radius 1 is 1.06 bits per heavy atom. The van der Waals surface area contributed by atoms with Gasteiger partial charge in [0.1, 0.15) is 12.4 Å².